The summed E-state index contributed by atoms with van der Waals surface area (Å²) >= 11 is 1.53. The van der Waals surface area contributed by atoms with E-state index in [0.717, 1.165) is 10.6 Å². The summed E-state index contributed by atoms with van der Waals surface area (Å²) in [6.45, 7) is 0. The molecule has 0 amide bonds. The van der Waals surface area contributed by atoms with Gasteiger partial charge in [0.2, 0.25) is 0 Å². The number of carbonyl (C=O) groups is 2. The average molecular weight is 323 g/mol. The molecule has 0 aliphatic carbocycles. The molecule has 6 nitrogen and oxygen atoms in total. The summed E-state index contributed by atoms with van der Waals surface area (Å²) in [4.78, 5) is 29.0. The first-order valence-electron chi connectivity index (χ1n) is 6.57. The zero-order chi connectivity index (χ0) is 16.2. The maximum Gasteiger partial charge on any atom is 0.335 e. The molecule has 22 heavy (non-hydrogen) atoms. The van der Waals surface area contributed by atoms with Crippen molar-refractivity contribution in [3.05, 3.63) is 34.0 Å². The number of nitrogens with zero attached hydrogens (tertiary/aromatic N) is 1. The van der Waals surface area contributed by atoms with Crippen molar-refractivity contribution in [1.82, 2.24) is 0 Å². The predicted octanol–water partition coefficient (Wildman–Crippen LogP) is 1.60. The average Bonchev–Trinajstić information content (AvgIpc) is 3.11. The molecule has 0 radical (unpaired) electrons. The fourth-order valence-corrected chi connectivity index (χ4v) is 3.02. The number of carbonyl (C=O) groups excluding carboxylic acids is 2. The number of hydrogen-bond acceptors (Lipinski definition) is 7. The third-order valence-electron chi connectivity index (χ3n) is 3.51. The highest BCUT2D eigenvalue weighted by atomic mass is 32.1. The van der Waals surface area contributed by atoms with Crippen LogP contribution in [0, 0.1) is 0 Å². The van der Waals surface area contributed by atoms with Crippen molar-refractivity contribution in [2.75, 3.05) is 21.3 Å². The van der Waals surface area contributed by atoms with Crippen LogP contribution in [-0.4, -0.2) is 51.1 Å². The van der Waals surface area contributed by atoms with Crippen molar-refractivity contribution in [2.45, 2.75) is 18.2 Å². The maximum atomic E-state index is 12.0. The van der Waals surface area contributed by atoms with E-state index in [4.69, 9.17) is 14.2 Å². The van der Waals surface area contributed by atoms with Gasteiger partial charge < -0.3 is 14.2 Å². The number of thiophene rings is 1. The lowest BCUT2D eigenvalue weighted by atomic mass is 9.94. The van der Waals surface area contributed by atoms with Gasteiger partial charge in [-0.15, -0.1) is 11.3 Å². The van der Waals surface area contributed by atoms with Crippen LogP contribution in [0.2, 0.25) is 0 Å². The molecule has 1 atom stereocenters. The molecule has 0 saturated heterocycles. The normalized spacial score (nSPS) is 18.4. The van der Waals surface area contributed by atoms with E-state index < -0.39 is 17.8 Å². The number of aliphatic imine (C=N–C) groups is 1. The summed E-state index contributed by atoms with van der Waals surface area (Å²) in [5.41, 5.74) is 1.02. The molecule has 7 heteroatoms. The number of rotatable bonds is 6. The molecule has 1 aromatic rings. The van der Waals surface area contributed by atoms with Gasteiger partial charge in [0.25, 0.3) is 5.79 Å². The largest absolute Gasteiger partial charge is 0.466 e. The molecule has 0 bridgehead atoms. The van der Waals surface area contributed by atoms with Gasteiger partial charge in [-0.05, 0) is 11.4 Å². The van der Waals surface area contributed by atoms with Gasteiger partial charge >= 0.3 is 5.97 Å². The maximum absolute atomic E-state index is 12.0. The first kappa shape index (κ1) is 16.5. The molecule has 1 aliphatic heterocycles. The molecule has 1 aromatic heterocycles. The van der Waals surface area contributed by atoms with E-state index in [1.54, 1.807) is 6.08 Å². The Balaban J connectivity index is 2.48. The topological polar surface area (TPSA) is 74.2 Å². The van der Waals surface area contributed by atoms with Gasteiger partial charge in [0.05, 0.1) is 18.4 Å². The molecule has 1 aliphatic rings. The molecular weight excluding hydrogens is 306 g/mol. The Bertz CT molecular complexity index is 601. The van der Waals surface area contributed by atoms with Gasteiger partial charge in [0.1, 0.15) is 6.04 Å². The zero-order valence-electron chi connectivity index (χ0n) is 12.6. The second-order valence-corrected chi connectivity index (χ2v) is 5.51. The molecule has 0 fully saturated rings. The molecular formula is C15H17NO5S. The summed E-state index contributed by atoms with van der Waals surface area (Å²) in [5, 5.41) is 1.94. The Morgan fingerprint density at radius 3 is 2.64 bits per heavy atom. The molecule has 1 unspecified atom stereocenters. The number of dihydropyridines is 1. The molecule has 0 N–H and O–H groups in total. The van der Waals surface area contributed by atoms with Crippen LogP contribution >= 0.6 is 11.3 Å². The number of aldehydes is 1. The van der Waals surface area contributed by atoms with Crippen LogP contribution in [0.3, 0.4) is 0 Å². The molecule has 0 spiro atoms. The molecule has 118 valence electrons. The van der Waals surface area contributed by atoms with E-state index in [9.17, 15) is 9.59 Å². The van der Waals surface area contributed by atoms with Gasteiger partial charge in [-0.2, -0.15) is 0 Å². The second kappa shape index (κ2) is 6.95. The van der Waals surface area contributed by atoms with Crippen LogP contribution in [0.4, 0.5) is 0 Å². The fraction of sp³-hybridized carbons (Fsp3) is 0.400. The van der Waals surface area contributed by atoms with Crippen molar-refractivity contribution in [1.29, 1.82) is 0 Å². The third kappa shape index (κ3) is 2.87. The van der Waals surface area contributed by atoms with Crippen molar-refractivity contribution in [3.8, 4) is 0 Å². The van der Waals surface area contributed by atoms with Crippen LogP contribution in [0.25, 0.3) is 0 Å². The zero-order valence-corrected chi connectivity index (χ0v) is 13.4. The highest BCUT2D eigenvalue weighted by Crippen LogP contribution is 2.30. The Labute approximate surface area is 132 Å². The Morgan fingerprint density at radius 2 is 2.14 bits per heavy atom. The van der Waals surface area contributed by atoms with Gasteiger partial charge in [-0.3, -0.25) is 9.79 Å². The molecule has 2 rings (SSSR count). The highest BCUT2D eigenvalue weighted by molar-refractivity contribution is 7.12. The minimum absolute atomic E-state index is 0.249. The molecule has 2 heterocycles. The lowest BCUT2D eigenvalue weighted by Crippen LogP contribution is -2.50. The summed E-state index contributed by atoms with van der Waals surface area (Å²) in [6.07, 6.45) is 2.69. The smallest absolute Gasteiger partial charge is 0.335 e. The third-order valence-corrected chi connectivity index (χ3v) is 4.42. The SMILES string of the molecule is COC(=O)C1=CCC(c2cccs2)=NC1C(C=O)(OC)OC. The van der Waals surface area contributed by atoms with Crippen molar-refractivity contribution >= 4 is 29.3 Å². The van der Waals surface area contributed by atoms with E-state index in [1.165, 1.54) is 32.7 Å². The lowest BCUT2D eigenvalue weighted by Gasteiger charge is -2.33. The molecule has 0 aromatic carbocycles. The van der Waals surface area contributed by atoms with Gasteiger partial charge in [0, 0.05) is 25.5 Å². The van der Waals surface area contributed by atoms with Crippen molar-refractivity contribution in [3.63, 3.8) is 0 Å². The number of allylic oxidation sites excluding steroid dienone is 1. The van der Waals surface area contributed by atoms with Crippen molar-refractivity contribution < 1.29 is 23.8 Å². The van der Waals surface area contributed by atoms with Gasteiger partial charge in [-0.1, -0.05) is 12.1 Å². The Hall–Kier alpha value is -1.83. The number of ether oxygens (including phenoxy) is 3. The fourth-order valence-electron chi connectivity index (χ4n) is 2.29. The summed E-state index contributed by atoms with van der Waals surface area (Å²) in [7, 11) is 3.95. The summed E-state index contributed by atoms with van der Waals surface area (Å²) < 4.78 is 15.2. The minimum atomic E-state index is -1.66. The van der Waals surface area contributed by atoms with Crippen LogP contribution in [0.1, 0.15) is 11.3 Å². The van der Waals surface area contributed by atoms with Crippen LogP contribution < -0.4 is 0 Å². The monoisotopic (exact) mass is 323 g/mol. The van der Waals surface area contributed by atoms with E-state index in [0.29, 0.717) is 12.7 Å². The second-order valence-electron chi connectivity index (χ2n) is 4.56. The standard InChI is InChI=1S/C15H17NO5S/c1-19-14(18)10-6-7-11(12-5-4-8-22-12)16-13(10)15(9-17,20-2)21-3/h4-6,8-9,13H,7H2,1-3H3. The summed E-state index contributed by atoms with van der Waals surface area (Å²) in [5.74, 6) is -2.22. The Morgan fingerprint density at radius 1 is 1.41 bits per heavy atom. The predicted molar refractivity (Wildman–Crippen MR) is 82.2 cm³/mol. The lowest BCUT2D eigenvalue weighted by molar-refractivity contribution is -0.201. The van der Waals surface area contributed by atoms with E-state index in [2.05, 4.69) is 4.99 Å². The number of methoxy groups -OCH3 is 3. The number of hydrogen-bond donors (Lipinski definition) is 0. The van der Waals surface area contributed by atoms with Crippen LogP contribution in [0.5, 0.6) is 0 Å². The van der Waals surface area contributed by atoms with Gasteiger partial charge in [0.15, 0.2) is 6.29 Å². The Kier molecular flexibility index (Phi) is 5.23. The van der Waals surface area contributed by atoms with E-state index in [-0.39, 0.29) is 5.57 Å². The number of esters is 1. The molecule has 0 saturated carbocycles. The highest BCUT2D eigenvalue weighted by Gasteiger charge is 2.45. The quantitative estimate of drug-likeness (QED) is 0.451. The minimum Gasteiger partial charge on any atom is -0.466 e. The van der Waals surface area contributed by atoms with E-state index >= 15 is 0 Å². The van der Waals surface area contributed by atoms with Crippen LogP contribution in [-0.2, 0) is 23.8 Å². The summed E-state index contributed by atoms with van der Waals surface area (Å²) in [6, 6.07) is 2.93. The van der Waals surface area contributed by atoms with Crippen molar-refractivity contribution in [2.24, 2.45) is 4.99 Å². The van der Waals surface area contributed by atoms with E-state index in [1.807, 2.05) is 17.5 Å². The first-order chi connectivity index (χ1) is 10.6. The first-order valence-corrected chi connectivity index (χ1v) is 7.45. The van der Waals surface area contributed by atoms with Crippen LogP contribution in [0.15, 0.2) is 34.2 Å². The van der Waals surface area contributed by atoms with Gasteiger partial charge in [-0.25, -0.2) is 4.79 Å².